The zero-order valence-corrected chi connectivity index (χ0v) is 9.75. The highest BCUT2D eigenvalue weighted by atomic mass is 32.1. The van der Waals surface area contributed by atoms with Gasteiger partial charge in [-0.3, -0.25) is 4.79 Å². The van der Waals surface area contributed by atoms with Crippen LogP contribution in [0, 0.1) is 12.8 Å². The van der Waals surface area contributed by atoms with Gasteiger partial charge in [-0.05, 0) is 36.3 Å². The van der Waals surface area contributed by atoms with Gasteiger partial charge in [0.15, 0.2) is 0 Å². The van der Waals surface area contributed by atoms with Gasteiger partial charge in [-0.25, -0.2) is 0 Å². The minimum Gasteiger partial charge on any atom is -0.481 e. The van der Waals surface area contributed by atoms with Crippen LogP contribution in [-0.4, -0.2) is 11.1 Å². The summed E-state index contributed by atoms with van der Waals surface area (Å²) in [6, 6.07) is 8.26. The molecular formula is C13H12O2S. The number of hydrogen-bond acceptors (Lipinski definition) is 2. The first-order chi connectivity index (χ1) is 7.68. The third-order valence-electron chi connectivity index (χ3n) is 3.30. The molecule has 1 N–H and O–H groups in total. The smallest absolute Gasteiger partial charge is 0.307 e. The van der Waals surface area contributed by atoms with Crippen LogP contribution < -0.4 is 0 Å². The van der Waals surface area contributed by atoms with E-state index in [1.807, 2.05) is 12.1 Å². The first kappa shape index (κ1) is 9.85. The minimum absolute atomic E-state index is 0.156. The lowest BCUT2D eigenvalue weighted by atomic mass is 10.1. The molecule has 2 unspecified atom stereocenters. The Hall–Kier alpha value is -1.35. The maximum absolute atomic E-state index is 10.9. The van der Waals surface area contributed by atoms with E-state index in [1.165, 1.54) is 20.5 Å². The molecule has 0 aliphatic heterocycles. The molecule has 1 fully saturated rings. The minimum atomic E-state index is -0.653. The van der Waals surface area contributed by atoms with Crippen LogP contribution in [0.1, 0.15) is 22.8 Å². The molecule has 0 spiro atoms. The molecule has 3 rings (SSSR count). The predicted molar refractivity (Wildman–Crippen MR) is 65.0 cm³/mol. The molecule has 2 nitrogen and oxygen atoms in total. The quantitative estimate of drug-likeness (QED) is 0.861. The van der Waals surface area contributed by atoms with Crippen LogP contribution >= 0.6 is 11.3 Å². The third kappa shape index (κ3) is 1.35. The van der Waals surface area contributed by atoms with Crippen LogP contribution in [0.2, 0.25) is 0 Å². The average molecular weight is 232 g/mol. The summed E-state index contributed by atoms with van der Waals surface area (Å²) >= 11 is 1.77. The highest BCUT2D eigenvalue weighted by molar-refractivity contribution is 7.19. The van der Waals surface area contributed by atoms with E-state index in [-0.39, 0.29) is 11.8 Å². The Kier molecular flexibility index (Phi) is 2.04. The van der Waals surface area contributed by atoms with Crippen molar-refractivity contribution in [3.8, 4) is 0 Å². The first-order valence-corrected chi connectivity index (χ1v) is 6.21. The summed E-state index contributed by atoms with van der Waals surface area (Å²) in [6.07, 6.45) is 0.802. The van der Waals surface area contributed by atoms with E-state index in [0.29, 0.717) is 0 Å². The number of thiophene rings is 1. The second-order valence-corrected chi connectivity index (χ2v) is 5.61. The molecule has 1 saturated carbocycles. The van der Waals surface area contributed by atoms with E-state index >= 15 is 0 Å². The maximum atomic E-state index is 10.9. The van der Waals surface area contributed by atoms with Gasteiger partial charge in [-0.1, -0.05) is 18.2 Å². The molecule has 0 bridgehead atoms. The standard InChI is InChI=1S/C13H12O2S/c1-7-12(9-6-10(9)13(14)15)8-4-2-3-5-11(8)16-7/h2-5,9-10H,6H2,1H3,(H,14,15). The van der Waals surface area contributed by atoms with Crippen LogP contribution in [0.15, 0.2) is 24.3 Å². The van der Waals surface area contributed by atoms with Gasteiger partial charge in [0.1, 0.15) is 0 Å². The molecular weight excluding hydrogens is 220 g/mol. The Morgan fingerprint density at radius 2 is 2.19 bits per heavy atom. The van der Waals surface area contributed by atoms with Crippen molar-refractivity contribution in [2.45, 2.75) is 19.3 Å². The van der Waals surface area contributed by atoms with Crippen LogP contribution in [0.4, 0.5) is 0 Å². The molecule has 2 atom stereocenters. The number of fused-ring (bicyclic) bond motifs is 1. The molecule has 1 aliphatic rings. The fraction of sp³-hybridized carbons (Fsp3) is 0.308. The molecule has 1 aromatic carbocycles. The van der Waals surface area contributed by atoms with E-state index in [0.717, 1.165) is 6.42 Å². The Morgan fingerprint density at radius 3 is 2.88 bits per heavy atom. The summed E-state index contributed by atoms with van der Waals surface area (Å²) in [5.41, 5.74) is 1.27. The zero-order chi connectivity index (χ0) is 11.3. The maximum Gasteiger partial charge on any atom is 0.307 e. The normalized spacial score (nSPS) is 23.6. The van der Waals surface area contributed by atoms with Crippen molar-refractivity contribution in [1.29, 1.82) is 0 Å². The van der Waals surface area contributed by atoms with Gasteiger partial charge < -0.3 is 5.11 Å². The first-order valence-electron chi connectivity index (χ1n) is 5.39. The molecule has 1 aliphatic carbocycles. The number of carbonyl (C=O) groups is 1. The molecule has 3 heteroatoms. The van der Waals surface area contributed by atoms with Crippen molar-refractivity contribution in [2.75, 3.05) is 0 Å². The number of carboxylic acid groups (broad SMARTS) is 1. The number of carboxylic acids is 1. The van der Waals surface area contributed by atoms with Crippen LogP contribution in [0.25, 0.3) is 10.1 Å². The number of rotatable bonds is 2. The molecule has 1 aromatic heterocycles. The summed E-state index contributed by atoms with van der Waals surface area (Å²) in [4.78, 5) is 12.2. The Bertz CT molecular complexity index is 570. The highest BCUT2D eigenvalue weighted by Gasteiger charge is 2.45. The van der Waals surface area contributed by atoms with Gasteiger partial charge in [0, 0.05) is 9.58 Å². The number of hydrogen-bond donors (Lipinski definition) is 1. The van der Waals surface area contributed by atoms with Gasteiger partial charge in [-0.2, -0.15) is 0 Å². The molecule has 82 valence electrons. The lowest BCUT2D eigenvalue weighted by molar-refractivity contribution is -0.138. The van der Waals surface area contributed by atoms with Crippen molar-refractivity contribution in [3.05, 3.63) is 34.7 Å². The van der Waals surface area contributed by atoms with E-state index in [1.54, 1.807) is 11.3 Å². The van der Waals surface area contributed by atoms with Gasteiger partial charge in [0.2, 0.25) is 0 Å². The summed E-state index contributed by atoms with van der Waals surface area (Å²) in [5, 5.41) is 10.2. The second kappa shape index (κ2) is 3.32. The largest absolute Gasteiger partial charge is 0.481 e. The van der Waals surface area contributed by atoms with Gasteiger partial charge in [0.05, 0.1) is 5.92 Å². The summed E-state index contributed by atoms with van der Waals surface area (Å²) in [5.74, 6) is -0.565. The van der Waals surface area contributed by atoms with Crippen molar-refractivity contribution in [3.63, 3.8) is 0 Å². The second-order valence-electron chi connectivity index (χ2n) is 4.36. The zero-order valence-electron chi connectivity index (χ0n) is 8.93. The molecule has 0 saturated heterocycles. The predicted octanol–water partition coefficient (Wildman–Crippen LogP) is 3.40. The number of aliphatic carboxylic acids is 1. The lowest BCUT2D eigenvalue weighted by Gasteiger charge is -1.98. The monoisotopic (exact) mass is 232 g/mol. The van der Waals surface area contributed by atoms with E-state index < -0.39 is 5.97 Å². The van der Waals surface area contributed by atoms with E-state index in [9.17, 15) is 4.79 Å². The molecule has 16 heavy (non-hydrogen) atoms. The van der Waals surface area contributed by atoms with Gasteiger partial charge in [-0.15, -0.1) is 11.3 Å². The topological polar surface area (TPSA) is 37.3 Å². The molecule has 1 heterocycles. The summed E-state index contributed by atoms with van der Waals surface area (Å²) in [7, 11) is 0. The van der Waals surface area contributed by atoms with Crippen molar-refractivity contribution >= 4 is 27.4 Å². The van der Waals surface area contributed by atoms with Gasteiger partial charge >= 0.3 is 5.97 Å². The third-order valence-corrected chi connectivity index (χ3v) is 4.40. The van der Waals surface area contributed by atoms with Crippen LogP contribution in [0.5, 0.6) is 0 Å². The number of benzene rings is 1. The number of aryl methyl sites for hydroxylation is 1. The van der Waals surface area contributed by atoms with Crippen molar-refractivity contribution < 1.29 is 9.90 Å². The molecule has 0 radical (unpaired) electrons. The summed E-state index contributed by atoms with van der Waals surface area (Å²) < 4.78 is 1.27. The van der Waals surface area contributed by atoms with Crippen molar-refractivity contribution in [2.24, 2.45) is 5.92 Å². The van der Waals surface area contributed by atoms with Gasteiger partial charge in [0.25, 0.3) is 0 Å². The SMILES string of the molecule is Cc1sc2ccccc2c1C1CC1C(=O)O. The Balaban J connectivity index is 2.11. The highest BCUT2D eigenvalue weighted by Crippen LogP contribution is 2.52. The summed E-state index contributed by atoms with van der Waals surface area (Å²) in [6.45, 7) is 2.09. The fourth-order valence-corrected chi connectivity index (χ4v) is 3.57. The lowest BCUT2D eigenvalue weighted by Crippen LogP contribution is -1.99. The van der Waals surface area contributed by atoms with Crippen molar-refractivity contribution in [1.82, 2.24) is 0 Å². The average Bonchev–Trinajstić information content (AvgIpc) is 2.95. The Morgan fingerprint density at radius 1 is 1.44 bits per heavy atom. The Labute approximate surface area is 97.5 Å². The fourth-order valence-electron chi connectivity index (χ4n) is 2.44. The van der Waals surface area contributed by atoms with E-state index in [4.69, 9.17) is 5.11 Å². The van der Waals surface area contributed by atoms with Crippen LogP contribution in [0.3, 0.4) is 0 Å². The molecule has 2 aromatic rings. The van der Waals surface area contributed by atoms with E-state index in [2.05, 4.69) is 19.1 Å². The molecule has 0 amide bonds. The van der Waals surface area contributed by atoms with Crippen LogP contribution in [-0.2, 0) is 4.79 Å².